The Morgan fingerprint density at radius 3 is 2.57 bits per heavy atom. The standard InChI is InChI=1S/C23H24Cl2N4O5S/c1-28(14-16-4-6-17(7-5-16)22-27-11-12-29(22)23(31)32)21(30)3-2-10-26-15-35(33,34)20-9-8-18(24)13-19(20)25/h2-9,13,26H,10-12,14-15H2,1H3,(H,31,32)/b3-2+. The Labute approximate surface area is 213 Å². The van der Waals surface area contributed by atoms with Gasteiger partial charge >= 0.3 is 6.09 Å². The maximum absolute atomic E-state index is 12.4. The van der Waals surface area contributed by atoms with Crippen LogP contribution in [0, 0.1) is 0 Å². The van der Waals surface area contributed by atoms with Gasteiger partial charge < -0.3 is 10.0 Å². The van der Waals surface area contributed by atoms with Gasteiger partial charge in [0.2, 0.25) is 5.91 Å². The molecule has 0 fully saturated rings. The van der Waals surface area contributed by atoms with Crippen molar-refractivity contribution in [1.29, 1.82) is 0 Å². The van der Waals surface area contributed by atoms with E-state index in [2.05, 4.69) is 10.3 Å². The smallest absolute Gasteiger partial charge is 0.413 e. The number of carbonyl (C=O) groups excluding carboxylic acids is 1. The average molecular weight is 539 g/mol. The molecule has 0 aliphatic carbocycles. The zero-order valence-electron chi connectivity index (χ0n) is 18.8. The third-order valence-corrected chi connectivity index (χ3v) is 7.39. The van der Waals surface area contributed by atoms with Gasteiger partial charge in [0, 0.05) is 36.8 Å². The Morgan fingerprint density at radius 2 is 1.91 bits per heavy atom. The average Bonchev–Trinajstić information content (AvgIpc) is 3.29. The van der Waals surface area contributed by atoms with Crippen LogP contribution in [-0.2, 0) is 21.2 Å². The summed E-state index contributed by atoms with van der Waals surface area (Å²) in [6.07, 6.45) is 1.87. The van der Waals surface area contributed by atoms with Crippen molar-refractivity contribution in [3.05, 3.63) is 75.8 Å². The lowest BCUT2D eigenvalue weighted by Crippen LogP contribution is -2.33. The van der Waals surface area contributed by atoms with Crippen LogP contribution in [0.2, 0.25) is 10.0 Å². The first kappa shape index (κ1) is 26.7. The van der Waals surface area contributed by atoms with E-state index in [-0.39, 0.29) is 28.2 Å². The van der Waals surface area contributed by atoms with Gasteiger partial charge in [0.15, 0.2) is 9.84 Å². The van der Waals surface area contributed by atoms with Gasteiger partial charge in [-0.25, -0.2) is 13.2 Å². The van der Waals surface area contributed by atoms with E-state index in [1.807, 2.05) is 12.1 Å². The van der Waals surface area contributed by atoms with Gasteiger partial charge in [-0.1, -0.05) is 53.5 Å². The van der Waals surface area contributed by atoms with Crippen molar-refractivity contribution in [2.75, 3.05) is 32.6 Å². The number of amides is 2. The van der Waals surface area contributed by atoms with Gasteiger partial charge in [0.05, 0.1) is 23.0 Å². The molecule has 0 aromatic heterocycles. The van der Waals surface area contributed by atoms with Gasteiger partial charge in [-0.3, -0.25) is 20.0 Å². The summed E-state index contributed by atoms with van der Waals surface area (Å²) in [6, 6.07) is 11.4. The predicted octanol–water partition coefficient (Wildman–Crippen LogP) is 3.27. The minimum absolute atomic E-state index is 0.0162. The Kier molecular flexibility index (Phi) is 8.90. The number of hydrogen-bond donors (Lipinski definition) is 2. The van der Waals surface area contributed by atoms with Crippen LogP contribution in [-0.4, -0.2) is 73.7 Å². The Bertz CT molecular complexity index is 1260. The summed E-state index contributed by atoms with van der Waals surface area (Å²) >= 11 is 11.8. The molecule has 2 aromatic rings. The molecule has 12 heteroatoms. The summed E-state index contributed by atoms with van der Waals surface area (Å²) in [6.45, 7) is 1.28. The highest BCUT2D eigenvalue weighted by atomic mass is 35.5. The number of aliphatic imine (C=N–C) groups is 1. The van der Waals surface area contributed by atoms with Gasteiger partial charge in [-0.15, -0.1) is 0 Å². The van der Waals surface area contributed by atoms with E-state index in [1.165, 1.54) is 34.1 Å². The number of sulfone groups is 1. The van der Waals surface area contributed by atoms with E-state index in [0.29, 0.717) is 36.1 Å². The van der Waals surface area contributed by atoms with Crippen molar-refractivity contribution in [3.63, 3.8) is 0 Å². The van der Waals surface area contributed by atoms with Crippen LogP contribution in [0.25, 0.3) is 0 Å². The third-order valence-electron chi connectivity index (χ3n) is 5.12. The number of rotatable bonds is 9. The van der Waals surface area contributed by atoms with Crippen molar-refractivity contribution >= 4 is 50.9 Å². The highest BCUT2D eigenvalue weighted by Crippen LogP contribution is 2.25. The molecule has 1 aliphatic rings. The normalized spacial score (nSPS) is 13.8. The number of halogens is 2. The van der Waals surface area contributed by atoms with Crippen LogP contribution < -0.4 is 5.32 Å². The maximum atomic E-state index is 12.4. The van der Waals surface area contributed by atoms with Crippen LogP contribution in [0.3, 0.4) is 0 Å². The highest BCUT2D eigenvalue weighted by molar-refractivity contribution is 7.91. The topological polar surface area (TPSA) is 119 Å². The minimum Gasteiger partial charge on any atom is -0.465 e. The van der Waals surface area contributed by atoms with E-state index < -0.39 is 15.9 Å². The minimum atomic E-state index is -3.66. The molecule has 2 amide bonds. The van der Waals surface area contributed by atoms with E-state index in [1.54, 1.807) is 25.3 Å². The zero-order valence-corrected chi connectivity index (χ0v) is 21.1. The lowest BCUT2D eigenvalue weighted by molar-refractivity contribution is -0.125. The number of nitrogens with zero attached hydrogens (tertiary/aromatic N) is 3. The molecule has 2 aromatic carbocycles. The molecule has 1 heterocycles. The summed E-state index contributed by atoms with van der Waals surface area (Å²) in [5.74, 6) is -0.180. The second-order valence-electron chi connectivity index (χ2n) is 7.72. The second kappa shape index (κ2) is 11.7. The lowest BCUT2D eigenvalue weighted by Gasteiger charge is -2.17. The van der Waals surface area contributed by atoms with E-state index in [0.717, 1.165) is 5.56 Å². The fourth-order valence-corrected chi connectivity index (χ4v) is 5.29. The van der Waals surface area contributed by atoms with Crippen molar-refractivity contribution < 1.29 is 23.1 Å². The first-order valence-corrected chi connectivity index (χ1v) is 12.9. The Balaban J connectivity index is 1.48. The van der Waals surface area contributed by atoms with Crippen molar-refractivity contribution in [2.24, 2.45) is 4.99 Å². The number of carboxylic acid groups (broad SMARTS) is 1. The monoisotopic (exact) mass is 538 g/mol. The fourth-order valence-electron chi connectivity index (χ4n) is 3.36. The molecule has 3 rings (SSSR count). The van der Waals surface area contributed by atoms with Crippen molar-refractivity contribution in [1.82, 2.24) is 15.1 Å². The molecule has 35 heavy (non-hydrogen) atoms. The zero-order chi connectivity index (χ0) is 25.6. The summed E-state index contributed by atoms with van der Waals surface area (Å²) < 4.78 is 24.8. The van der Waals surface area contributed by atoms with Crippen LogP contribution >= 0.6 is 23.2 Å². The molecule has 9 nitrogen and oxygen atoms in total. The number of carbonyl (C=O) groups is 2. The number of hydrogen-bond acceptors (Lipinski definition) is 6. The first-order chi connectivity index (χ1) is 16.6. The van der Waals surface area contributed by atoms with Crippen LogP contribution in [0.5, 0.6) is 0 Å². The summed E-state index contributed by atoms with van der Waals surface area (Å²) in [5.41, 5.74) is 1.56. The van der Waals surface area contributed by atoms with Crippen LogP contribution in [0.4, 0.5) is 4.79 Å². The fraction of sp³-hybridized carbons (Fsp3) is 0.261. The van der Waals surface area contributed by atoms with E-state index in [4.69, 9.17) is 23.2 Å². The Hall–Kier alpha value is -2.92. The molecule has 0 bridgehead atoms. The molecular weight excluding hydrogens is 515 g/mol. The molecule has 2 N–H and O–H groups in total. The van der Waals surface area contributed by atoms with Crippen LogP contribution in [0.15, 0.2) is 64.5 Å². The lowest BCUT2D eigenvalue weighted by atomic mass is 10.1. The number of nitrogens with one attached hydrogen (secondary N) is 1. The Morgan fingerprint density at radius 1 is 1.20 bits per heavy atom. The molecule has 0 saturated heterocycles. The highest BCUT2D eigenvalue weighted by Gasteiger charge is 2.24. The first-order valence-electron chi connectivity index (χ1n) is 10.5. The van der Waals surface area contributed by atoms with E-state index in [9.17, 15) is 23.1 Å². The van der Waals surface area contributed by atoms with Crippen molar-refractivity contribution in [2.45, 2.75) is 11.4 Å². The number of likely N-dealkylation sites (N-methyl/N-ethyl adjacent to an activating group) is 1. The molecule has 0 radical (unpaired) electrons. The third kappa shape index (κ3) is 7.04. The van der Waals surface area contributed by atoms with Crippen LogP contribution in [0.1, 0.15) is 11.1 Å². The summed E-state index contributed by atoms with van der Waals surface area (Å²) in [5, 5.41) is 12.4. The number of benzene rings is 2. The number of amidine groups is 1. The van der Waals surface area contributed by atoms with Gasteiger partial charge in [-0.2, -0.15) is 0 Å². The molecule has 0 saturated carbocycles. The molecule has 0 unspecified atom stereocenters. The largest absolute Gasteiger partial charge is 0.465 e. The summed E-state index contributed by atoms with van der Waals surface area (Å²) in [4.78, 5) is 30.6. The SMILES string of the molecule is CN(Cc1ccc(C2=NCCN2C(=O)O)cc1)C(=O)/C=C/CNCS(=O)(=O)c1ccc(Cl)cc1Cl. The molecular formula is C23H24Cl2N4O5S. The predicted molar refractivity (Wildman–Crippen MR) is 135 cm³/mol. The van der Waals surface area contributed by atoms with Gasteiger partial charge in [0.1, 0.15) is 11.7 Å². The molecule has 186 valence electrons. The quantitative estimate of drug-likeness (QED) is 0.373. The molecule has 0 spiro atoms. The molecule has 0 atom stereocenters. The molecule has 1 aliphatic heterocycles. The summed E-state index contributed by atoms with van der Waals surface area (Å²) in [7, 11) is -2.01. The van der Waals surface area contributed by atoms with Crippen molar-refractivity contribution in [3.8, 4) is 0 Å². The second-order valence-corrected chi connectivity index (χ2v) is 10.5. The van der Waals surface area contributed by atoms with Gasteiger partial charge in [-0.05, 0) is 23.8 Å². The van der Waals surface area contributed by atoms with E-state index >= 15 is 0 Å². The van der Waals surface area contributed by atoms with Gasteiger partial charge in [0.25, 0.3) is 0 Å². The maximum Gasteiger partial charge on any atom is 0.413 e.